The molecule has 0 bridgehead atoms. The summed E-state index contributed by atoms with van der Waals surface area (Å²) in [7, 11) is 0. The fraction of sp³-hybridized carbons (Fsp3) is 0.417. The summed E-state index contributed by atoms with van der Waals surface area (Å²) in [6.07, 6.45) is 0.959. The number of anilines is 2. The van der Waals surface area contributed by atoms with Crippen molar-refractivity contribution in [1.82, 2.24) is 0 Å². The minimum absolute atomic E-state index is 0.433. The molecule has 0 radical (unpaired) electrons. The number of benzene rings is 1. The quantitative estimate of drug-likeness (QED) is 0.735. The maximum absolute atomic E-state index is 11.2. The number of ether oxygens (including phenoxy) is 1. The van der Waals surface area contributed by atoms with Gasteiger partial charge in [-0.15, -0.1) is 0 Å². The van der Waals surface area contributed by atoms with Crippen LogP contribution in [-0.2, 0) is 4.74 Å². The van der Waals surface area contributed by atoms with E-state index in [1.807, 2.05) is 0 Å². The second-order valence-corrected chi connectivity index (χ2v) is 4.09. The van der Waals surface area contributed by atoms with Gasteiger partial charge in [0, 0.05) is 25.3 Å². The normalized spacial score (nSPS) is 16.6. The van der Waals surface area contributed by atoms with Crippen molar-refractivity contribution in [2.75, 3.05) is 36.9 Å². The highest BCUT2D eigenvalue weighted by Crippen LogP contribution is 2.25. The zero-order chi connectivity index (χ0) is 12.3. The highest BCUT2D eigenvalue weighted by atomic mass is 16.5. The predicted octanol–water partition coefficient (Wildman–Crippen LogP) is 0.594. The van der Waals surface area contributed by atoms with Crippen molar-refractivity contribution >= 4 is 17.3 Å². The molecule has 5 nitrogen and oxygen atoms in total. The molecule has 1 aliphatic rings. The first-order valence-electron chi connectivity index (χ1n) is 5.70. The van der Waals surface area contributed by atoms with Crippen LogP contribution in [0.2, 0.25) is 0 Å². The molecule has 1 heterocycles. The van der Waals surface area contributed by atoms with E-state index in [9.17, 15) is 4.79 Å². The molecule has 1 amide bonds. The molecule has 0 saturated carbocycles. The Kier molecular flexibility index (Phi) is 3.49. The van der Waals surface area contributed by atoms with Crippen LogP contribution in [0.1, 0.15) is 16.8 Å². The topological polar surface area (TPSA) is 81.6 Å². The van der Waals surface area contributed by atoms with Gasteiger partial charge in [0.1, 0.15) is 0 Å². The molecule has 0 atom stereocenters. The van der Waals surface area contributed by atoms with Crippen LogP contribution in [0.25, 0.3) is 0 Å². The van der Waals surface area contributed by atoms with Gasteiger partial charge >= 0.3 is 0 Å². The Hall–Kier alpha value is -1.75. The van der Waals surface area contributed by atoms with Gasteiger partial charge in [-0.25, -0.2) is 0 Å². The van der Waals surface area contributed by atoms with E-state index >= 15 is 0 Å². The molecule has 0 spiro atoms. The van der Waals surface area contributed by atoms with Crippen LogP contribution >= 0.6 is 0 Å². The number of nitrogen functional groups attached to an aromatic ring is 1. The number of carbonyl (C=O) groups is 1. The molecule has 0 aromatic heterocycles. The standard InChI is InChI=1S/C12H17N3O2/c13-10-3-2-9(12(14)16)8-11(10)15-4-1-6-17-7-5-15/h2-3,8H,1,4-7,13H2,(H2,14,16). The SMILES string of the molecule is NC(=O)c1ccc(N)c(N2CCCOCC2)c1. The Labute approximate surface area is 100 Å². The van der Waals surface area contributed by atoms with E-state index in [2.05, 4.69) is 4.90 Å². The lowest BCUT2D eigenvalue weighted by atomic mass is 10.1. The Morgan fingerprint density at radius 3 is 2.88 bits per heavy atom. The summed E-state index contributed by atoms with van der Waals surface area (Å²) in [5.74, 6) is -0.433. The van der Waals surface area contributed by atoms with E-state index in [4.69, 9.17) is 16.2 Å². The fourth-order valence-electron chi connectivity index (χ4n) is 1.96. The Bertz CT molecular complexity index is 412. The molecule has 0 unspecified atom stereocenters. The number of hydrogen-bond acceptors (Lipinski definition) is 4. The molecule has 92 valence electrons. The number of hydrogen-bond donors (Lipinski definition) is 2. The van der Waals surface area contributed by atoms with Gasteiger partial charge in [0.25, 0.3) is 0 Å². The Balaban J connectivity index is 2.28. The van der Waals surface area contributed by atoms with Gasteiger partial charge in [-0.05, 0) is 24.6 Å². The minimum Gasteiger partial charge on any atom is -0.397 e. The highest BCUT2D eigenvalue weighted by Gasteiger charge is 2.14. The van der Waals surface area contributed by atoms with Crippen molar-refractivity contribution in [3.63, 3.8) is 0 Å². The van der Waals surface area contributed by atoms with Gasteiger partial charge in [0.05, 0.1) is 18.0 Å². The average Bonchev–Trinajstić information content (AvgIpc) is 2.58. The van der Waals surface area contributed by atoms with Crippen molar-refractivity contribution in [3.05, 3.63) is 23.8 Å². The molecule has 1 fully saturated rings. The van der Waals surface area contributed by atoms with Crippen molar-refractivity contribution in [1.29, 1.82) is 0 Å². The van der Waals surface area contributed by atoms with Crippen LogP contribution in [-0.4, -0.2) is 32.2 Å². The first kappa shape index (κ1) is 11.7. The van der Waals surface area contributed by atoms with Crippen LogP contribution in [0.4, 0.5) is 11.4 Å². The molecule has 1 aliphatic heterocycles. The fourth-order valence-corrected chi connectivity index (χ4v) is 1.96. The van der Waals surface area contributed by atoms with Gasteiger partial charge in [0.2, 0.25) is 5.91 Å². The molecule has 0 aliphatic carbocycles. The molecule has 1 aromatic rings. The lowest BCUT2D eigenvalue weighted by molar-refractivity contribution is 0.100. The second kappa shape index (κ2) is 5.05. The third kappa shape index (κ3) is 2.68. The van der Waals surface area contributed by atoms with Crippen molar-refractivity contribution < 1.29 is 9.53 Å². The molecule has 1 aromatic carbocycles. The predicted molar refractivity (Wildman–Crippen MR) is 67.0 cm³/mol. The number of carbonyl (C=O) groups excluding carboxylic acids is 1. The van der Waals surface area contributed by atoms with Crippen molar-refractivity contribution in [2.24, 2.45) is 5.73 Å². The van der Waals surface area contributed by atoms with E-state index in [0.29, 0.717) is 17.9 Å². The number of primary amides is 1. The maximum atomic E-state index is 11.2. The van der Waals surface area contributed by atoms with E-state index in [1.165, 1.54) is 0 Å². The molecule has 5 heteroatoms. The first-order valence-corrected chi connectivity index (χ1v) is 5.70. The monoisotopic (exact) mass is 235 g/mol. The molecule has 17 heavy (non-hydrogen) atoms. The Morgan fingerprint density at radius 1 is 1.29 bits per heavy atom. The minimum atomic E-state index is -0.433. The number of rotatable bonds is 2. The van der Waals surface area contributed by atoms with Gasteiger partial charge in [0.15, 0.2) is 0 Å². The zero-order valence-corrected chi connectivity index (χ0v) is 9.69. The summed E-state index contributed by atoms with van der Waals surface area (Å²) in [6.45, 7) is 3.12. The van der Waals surface area contributed by atoms with E-state index in [-0.39, 0.29) is 0 Å². The van der Waals surface area contributed by atoms with E-state index in [1.54, 1.807) is 18.2 Å². The molecule has 1 saturated heterocycles. The highest BCUT2D eigenvalue weighted by molar-refractivity contribution is 5.95. The van der Waals surface area contributed by atoms with Gasteiger partial charge in [-0.2, -0.15) is 0 Å². The molecule has 4 N–H and O–H groups in total. The average molecular weight is 235 g/mol. The van der Waals surface area contributed by atoms with Crippen LogP contribution in [0.15, 0.2) is 18.2 Å². The lowest BCUT2D eigenvalue weighted by Crippen LogP contribution is -2.27. The number of nitrogens with zero attached hydrogens (tertiary/aromatic N) is 1. The third-order valence-corrected chi connectivity index (χ3v) is 2.88. The van der Waals surface area contributed by atoms with Crippen LogP contribution in [0, 0.1) is 0 Å². The van der Waals surface area contributed by atoms with E-state index in [0.717, 1.165) is 31.8 Å². The molecular weight excluding hydrogens is 218 g/mol. The van der Waals surface area contributed by atoms with Crippen LogP contribution in [0.3, 0.4) is 0 Å². The zero-order valence-electron chi connectivity index (χ0n) is 9.69. The lowest BCUT2D eigenvalue weighted by Gasteiger charge is -2.24. The van der Waals surface area contributed by atoms with Gasteiger partial charge < -0.3 is 21.1 Å². The molecular formula is C12H17N3O2. The first-order chi connectivity index (χ1) is 8.18. The van der Waals surface area contributed by atoms with Crippen molar-refractivity contribution in [3.8, 4) is 0 Å². The second-order valence-electron chi connectivity index (χ2n) is 4.09. The van der Waals surface area contributed by atoms with Crippen LogP contribution < -0.4 is 16.4 Å². The summed E-state index contributed by atoms with van der Waals surface area (Å²) in [6, 6.07) is 5.12. The van der Waals surface area contributed by atoms with Crippen molar-refractivity contribution in [2.45, 2.75) is 6.42 Å². The van der Waals surface area contributed by atoms with Crippen LogP contribution in [0.5, 0.6) is 0 Å². The Morgan fingerprint density at radius 2 is 2.12 bits per heavy atom. The van der Waals surface area contributed by atoms with Gasteiger partial charge in [-0.1, -0.05) is 0 Å². The summed E-state index contributed by atoms with van der Waals surface area (Å²) < 4.78 is 5.39. The summed E-state index contributed by atoms with van der Waals surface area (Å²) >= 11 is 0. The van der Waals surface area contributed by atoms with E-state index < -0.39 is 5.91 Å². The number of nitrogens with two attached hydrogens (primary N) is 2. The summed E-state index contributed by atoms with van der Waals surface area (Å²) in [4.78, 5) is 13.3. The largest absolute Gasteiger partial charge is 0.397 e. The molecule has 2 rings (SSSR count). The smallest absolute Gasteiger partial charge is 0.248 e. The van der Waals surface area contributed by atoms with Gasteiger partial charge in [-0.3, -0.25) is 4.79 Å². The summed E-state index contributed by atoms with van der Waals surface area (Å²) in [5, 5.41) is 0. The third-order valence-electron chi connectivity index (χ3n) is 2.88. The number of amides is 1. The maximum Gasteiger partial charge on any atom is 0.248 e. The summed E-state index contributed by atoms with van der Waals surface area (Å²) in [5.41, 5.74) is 13.2.